The minimum Gasteiger partial charge on any atom is -0.338 e. The van der Waals surface area contributed by atoms with E-state index in [2.05, 4.69) is 12.1 Å². The molecule has 130 valence electrons. The number of hydrogen-bond acceptors (Lipinski definition) is 3. The van der Waals surface area contributed by atoms with E-state index in [9.17, 15) is 9.59 Å². The Labute approximate surface area is 143 Å². The van der Waals surface area contributed by atoms with E-state index in [0.717, 1.165) is 31.4 Å². The molecule has 5 heteroatoms. The quantitative estimate of drug-likeness (QED) is 0.914. The molecule has 0 spiro atoms. The van der Waals surface area contributed by atoms with E-state index in [0.29, 0.717) is 26.1 Å². The van der Waals surface area contributed by atoms with Gasteiger partial charge in [-0.1, -0.05) is 29.8 Å². The average Bonchev–Trinajstić information content (AvgIpc) is 2.97. The maximum Gasteiger partial charge on any atom is 0.228 e. The van der Waals surface area contributed by atoms with E-state index < -0.39 is 0 Å². The van der Waals surface area contributed by atoms with Gasteiger partial charge >= 0.3 is 0 Å². The number of benzene rings is 1. The molecule has 2 N–H and O–H groups in total. The number of carbonyl (C=O) groups is 2. The molecule has 0 saturated carbocycles. The van der Waals surface area contributed by atoms with Crippen molar-refractivity contribution in [1.82, 2.24) is 9.80 Å². The molecule has 5 nitrogen and oxygen atoms in total. The summed E-state index contributed by atoms with van der Waals surface area (Å²) in [6.07, 6.45) is 3.49. The van der Waals surface area contributed by atoms with Crippen LogP contribution in [0.4, 0.5) is 0 Å². The molecule has 2 aliphatic rings. The first-order valence-corrected chi connectivity index (χ1v) is 8.92. The molecule has 0 aromatic heterocycles. The van der Waals surface area contributed by atoms with Crippen molar-refractivity contribution < 1.29 is 9.59 Å². The number of piperidine rings is 1. The highest BCUT2D eigenvalue weighted by Gasteiger charge is 2.38. The lowest BCUT2D eigenvalue weighted by molar-refractivity contribution is -0.139. The lowest BCUT2D eigenvalue weighted by atomic mass is 9.98. The number of likely N-dealkylation sites (tertiary alicyclic amines) is 2. The van der Waals surface area contributed by atoms with E-state index in [1.807, 2.05) is 28.9 Å². The normalized spacial score (nSPS) is 24.5. The SMILES string of the molecule is Cc1ccc(CN2CC(C(=O)N3CCCCC3CN)CC2=O)cc1. The van der Waals surface area contributed by atoms with Gasteiger partial charge in [0.2, 0.25) is 11.8 Å². The summed E-state index contributed by atoms with van der Waals surface area (Å²) in [6, 6.07) is 8.35. The fourth-order valence-corrected chi connectivity index (χ4v) is 3.77. The molecule has 2 aliphatic heterocycles. The predicted octanol–water partition coefficient (Wildman–Crippen LogP) is 1.68. The minimum absolute atomic E-state index is 0.0789. The van der Waals surface area contributed by atoms with E-state index in [1.165, 1.54) is 5.56 Å². The molecule has 2 amide bonds. The highest BCUT2D eigenvalue weighted by Crippen LogP contribution is 2.25. The topological polar surface area (TPSA) is 66.6 Å². The van der Waals surface area contributed by atoms with Crippen LogP contribution in [0.15, 0.2) is 24.3 Å². The number of carbonyl (C=O) groups excluding carboxylic acids is 2. The van der Waals surface area contributed by atoms with Crippen molar-refractivity contribution >= 4 is 11.8 Å². The Bertz CT molecular complexity index is 599. The molecule has 0 bridgehead atoms. The van der Waals surface area contributed by atoms with Crippen LogP contribution in [-0.4, -0.2) is 47.3 Å². The summed E-state index contributed by atoms with van der Waals surface area (Å²) in [5.74, 6) is -0.0183. The maximum absolute atomic E-state index is 12.8. The second kappa shape index (κ2) is 7.34. The highest BCUT2D eigenvalue weighted by molar-refractivity contribution is 5.89. The van der Waals surface area contributed by atoms with Gasteiger partial charge in [0.05, 0.1) is 5.92 Å². The number of amides is 2. The van der Waals surface area contributed by atoms with Crippen LogP contribution in [0.3, 0.4) is 0 Å². The number of aryl methyl sites for hydroxylation is 1. The van der Waals surface area contributed by atoms with Crippen LogP contribution in [0.2, 0.25) is 0 Å². The zero-order valence-corrected chi connectivity index (χ0v) is 14.4. The van der Waals surface area contributed by atoms with E-state index in [1.54, 1.807) is 0 Å². The van der Waals surface area contributed by atoms with Gasteiger partial charge in [-0.15, -0.1) is 0 Å². The van der Waals surface area contributed by atoms with Crippen LogP contribution in [0.5, 0.6) is 0 Å². The maximum atomic E-state index is 12.8. The van der Waals surface area contributed by atoms with Crippen molar-refractivity contribution in [2.24, 2.45) is 11.7 Å². The first-order valence-electron chi connectivity index (χ1n) is 8.92. The number of rotatable bonds is 4. The number of hydrogen-bond donors (Lipinski definition) is 1. The molecule has 0 aliphatic carbocycles. The first kappa shape index (κ1) is 17.0. The summed E-state index contributed by atoms with van der Waals surface area (Å²) in [6.45, 7) is 4.46. The zero-order chi connectivity index (χ0) is 17.1. The van der Waals surface area contributed by atoms with Gasteiger partial charge in [-0.05, 0) is 31.7 Å². The van der Waals surface area contributed by atoms with Gasteiger partial charge in [0.15, 0.2) is 0 Å². The van der Waals surface area contributed by atoms with Gasteiger partial charge in [0.1, 0.15) is 0 Å². The van der Waals surface area contributed by atoms with Crippen molar-refractivity contribution in [2.75, 3.05) is 19.6 Å². The molecule has 2 unspecified atom stereocenters. The van der Waals surface area contributed by atoms with Gasteiger partial charge in [0.25, 0.3) is 0 Å². The van der Waals surface area contributed by atoms with Crippen molar-refractivity contribution in [3.63, 3.8) is 0 Å². The van der Waals surface area contributed by atoms with Gasteiger partial charge in [-0.2, -0.15) is 0 Å². The molecule has 2 heterocycles. The Morgan fingerprint density at radius 1 is 1.25 bits per heavy atom. The van der Waals surface area contributed by atoms with Crippen LogP contribution in [0.25, 0.3) is 0 Å². The molecule has 0 radical (unpaired) electrons. The van der Waals surface area contributed by atoms with Gasteiger partial charge in [-0.3, -0.25) is 9.59 Å². The third-order valence-corrected chi connectivity index (χ3v) is 5.24. The zero-order valence-electron chi connectivity index (χ0n) is 14.4. The molecule has 2 atom stereocenters. The van der Waals surface area contributed by atoms with Crippen molar-refractivity contribution in [2.45, 2.75) is 45.2 Å². The number of nitrogens with zero attached hydrogens (tertiary/aromatic N) is 2. The lowest BCUT2D eigenvalue weighted by Gasteiger charge is -2.36. The molecule has 3 rings (SSSR count). The van der Waals surface area contributed by atoms with Crippen LogP contribution < -0.4 is 5.73 Å². The van der Waals surface area contributed by atoms with Crippen molar-refractivity contribution in [1.29, 1.82) is 0 Å². The third-order valence-electron chi connectivity index (χ3n) is 5.24. The van der Waals surface area contributed by atoms with E-state index in [4.69, 9.17) is 5.73 Å². The molecule has 2 fully saturated rings. The highest BCUT2D eigenvalue weighted by atomic mass is 16.2. The molecular weight excluding hydrogens is 302 g/mol. The summed E-state index contributed by atoms with van der Waals surface area (Å²) in [5, 5.41) is 0. The van der Waals surface area contributed by atoms with Gasteiger partial charge < -0.3 is 15.5 Å². The van der Waals surface area contributed by atoms with Gasteiger partial charge in [-0.25, -0.2) is 0 Å². The predicted molar refractivity (Wildman–Crippen MR) is 93.1 cm³/mol. The summed E-state index contributed by atoms with van der Waals surface area (Å²) in [7, 11) is 0. The lowest BCUT2D eigenvalue weighted by Crippen LogP contribution is -2.50. The van der Waals surface area contributed by atoms with Crippen LogP contribution in [0, 0.1) is 12.8 Å². The number of nitrogens with two attached hydrogens (primary N) is 1. The molecule has 1 aromatic rings. The Morgan fingerprint density at radius 2 is 2.00 bits per heavy atom. The van der Waals surface area contributed by atoms with Crippen molar-refractivity contribution in [3.8, 4) is 0 Å². The molecule has 2 saturated heterocycles. The van der Waals surface area contributed by atoms with Crippen LogP contribution in [-0.2, 0) is 16.1 Å². The summed E-state index contributed by atoms with van der Waals surface area (Å²) < 4.78 is 0. The fraction of sp³-hybridized carbons (Fsp3) is 0.579. The third kappa shape index (κ3) is 3.61. The average molecular weight is 329 g/mol. The molecule has 1 aromatic carbocycles. The monoisotopic (exact) mass is 329 g/mol. The summed E-state index contributed by atoms with van der Waals surface area (Å²) in [4.78, 5) is 28.9. The second-order valence-electron chi connectivity index (χ2n) is 7.08. The summed E-state index contributed by atoms with van der Waals surface area (Å²) >= 11 is 0. The van der Waals surface area contributed by atoms with E-state index >= 15 is 0 Å². The smallest absolute Gasteiger partial charge is 0.228 e. The Balaban J connectivity index is 1.63. The fourth-order valence-electron chi connectivity index (χ4n) is 3.77. The Hall–Kier alpha value is -1.88. The standard InChI is InChI=1S/C19H27N3O2/c1-14-5-7-15(8-6-14)12-21-13-16(10-18(21)23)19(24)22-9-3-2-4-17(22)11-20/h5-8,16-17H,2-4,9-13,20H2,1H3. The van der Waals surface area contributed by atoms with E-state index in [-0.39, 0.29) is 23.8 Å². The molecular formula is C19H27N3O2. The van der Waals surface area contributed by atoms with Crippen LogP contribution >= 0.6 is 0 Å². The van der Waals surface area contributed by atoms with Gasteiger partial charge in [0, 0.05) is 38.6 Å². The first-order chi connectivity index (χ1) is 11.6. The minimum atomic E-state index is -0.213. The van der Waals surface area contributed by atoms with Crippen molar-refractivity contribution in [3.05, 3.63) is 35.4 Å². The Kier molecular flexibility index (Phi) is 5.19. The van der Waals surface area contributed by atoms with Crippen LogP contribution in [0.1, 0.15) is 36.8 Å². The largest absolute Gasteiger partial charge is 0.338 e. The summed E-state index contributed by atoms with van der Waals surface area (Å²) in [5.41, 5.74) is 8.14. The Morgan fingerprint density at radius 3 is 2.71 bits per heavy atom. The molecule has 24 heavy (non-hydrogen) atoms. The second-order valence-corrected chi connectivity index (χ2v) is 7.08.